The first-order valence-corrected chi connectivity index (χ1v) is 12.5. The number of halogens is 3. The van der Waals surface area contributed by atoms with Crippen molar-refractivity contribution in [3.63, 3.8) is 0 Å². The second-order valence-electron chi connectivity index (χ2n) is 9.74. The third kappa shape index (κ3) is 5.00. The minimum Gasteiger partial charge on any atom is -0.505 e. The monoisotopic (exact) mass is 559 g/mol. The number of aryl methyl sites for hydroxylation is 3. The highest BCUT2D eigenvalue weighted by Gasteiger charge is 2.35. The molecule has 0 radical (unpaired) electrons. The summed E-state index contributed by atoms with van der Waals surface area (Å²) in [7, 11) is 0. The Kier molecular flexibility index (Phi) is 6.78. The number of aromatic carboxylic acids is 1. The van der Waals surface area contributed by atoms with Crippen LogP contribution in [0.3, 0.4) is 0 Å². The summed E-state index contributed by atoms with van der Waals surface area (Å²) in [4.78, 5) is 14.0. The van der Waals surface area contributed by atoms with Gasteiger partial charge in [0.15, 0.2) is 11.4 Å². The Bertz CT molecular complexity index is 1870. The fourth-order valence-corrected chi connectivity index (χ4v) is 4.79. The lowest BCUT2D eigenvalue weighted by molar-refractivity contribution is -0.137. The van der Waals surface area contributed by atoms with Gasteiger partial charge in [-0.05, 0) is 72.9 Å². The van der Waals surface area contributed by atoms with Gasteiger partial charge in [-0.1, -0.05) is 42.5 Å². The van der Waals surface area contributed by atoms with E-state index in [2.05, 4.69) is 15.2 Å². The van der Waals surface area contributed by atoms with Gasteiger partial charge in [0.1, 0.15) is 5.69 Å². The average Bonchev–Trinajstić information content (AvgIpc) is 3.23. The number of nitrogens with one attached hydrogen (secondary N) is 1. The van der Waals surface area contributed by atoms with Crippen molar-refractivity contribution in [2.75, 3.05) is 0 Å². The number of carbonyl (C=O) groups is 1. The third-order valence-electron chi connectivity index (χ3n) is 7.07. The molecular formula is C31H24F3N3O4. The first-order valence-electron chi connectivity index (χ1n) is 12.5. The van der Waals surface area contributed by atoms with E-state index in [1.54, 1.807) is 56.3 Å². The number of para-hydroxylation sites is 1. The van der Waals surface area contributed by atoms with Crippen molar-refractivity contribution in [1.82, 2.24) is 4.98 Å². The van der Waals surface area contributed by atoms with Crippen LogP contribution in [-0.4, -0.2) is 26.3 Å². The van der Waals surface area contributed by atoms with Crippen LogP contribution >= 0.6 is 0 Å². The number of rotatable bonds is 5. The SMILES string of the molecule is Cc1ccc(-c2c(C(F)(F)F)ccc3c(N=Nc4cccc(-c5ccc(C(=O)O)c(C)c5)c4O)c(O)[nH]c23)cc1C. The molecule has 0 aliphatic carbocycles. The first-order chi connectivity index (χ1) is 19.4. The number of H-pyrrole nitrogens is 1. The van der Waals surface area contributed by atoms with Gasteiger partial charge in [-0.3, -0.25) is 0 Å². The minimum atomic E-state index is -4.65. The Morgan fingerprint density at radius 3 is 2.20 bits per heavy atom. The molecule has 41 heavy (non-hydrogen) atoms. The Morgan fingerprint density at radius 1 is 0.829 bits per heavy atom. The number of hydrogen-bond acceptors (Lipinski definition) is 5. The van der Waals surface area contributed by atoms with Crippen molar-refractivity contribution < 1.29 is 33.3 Å². The van der Waals surface area contributed by atoms with Crippen molar-refractivity contribution in [1.29, 1.82) is 0 Å². The Hall–Kier alpha value is -5.12. The molecule has 7 nitrogen and oxygen atoms in total. The molecule has 0 fully saturated rings. The number of carboxylic acid groups (broad SMARTS) is 1. The van der Waals surface area contributed by atoms with Crippen LogP contribution in [0.15, 0.2) is 77.0 Å². The molecule has 10 heteroatoms. The highest BCUT2D eigenvalue weighted by Crippen LogP contribution is 2.47. The molecule has 0 aliphatic rings. The maximum atomic E-state index is 14.1. The maximum absolute atomic E-state index is 14.1. The van der Waals surface area contributed by atoms with E-state index in [1.807, 2.05) is 6.92 Å². The number of phenols is 1. The summed E-state index contributed by atoms with van der Waals surface area (Å²) in [5, 5.41) is 39.3. The molecule has 0 atom stereocenters. The molecule has 0 spiro atoms. The number of fused-ring (bicyclic) bond motifs is 1. The minimum absolute atomic E-state index is 0.0394. The summed E-state index contributed by atoms with van der Waals surface area (Å²) in [5.74, 6) is -1.79. The van der Waals surface area contributed by atoms with Crippen LogP contribution in [0.2, 0.25) is 0 Å². The molecule has 0 saturated carbocycles. The smallest absolute Gasteiger partial charge is 0.417 e. The molecule has 5 aromatic rings. The van der Waals surface area contributed by atoms with E-state index in [0.717, 1.165) is 17.2 Å². The number of hydrogen-bond donors (Lipinski definition) is 4. The van der Waals surface area contributed by atoms with Crippen molar-refractivity contribution >= 4 is 28.2 Å². The van der Waals surface area contributed by atoms with Gasteiger partial charge in [-0.25, -0.2) is 4.79 Å². The van der Waals surface area contributed by atoms with Gasteiger partial charge >= 0.3 is 12.1 Å². The lowest BCUT2D eigenvalue weighted by atomic mass is 9.94. The zero-order valence-corrected chi connectivity index (χ0v) is 22.1. The van der Waals surface area contributed by atoms with E-state index in [4.69, 9.17) is 0 Å². The zero-order chi connectivity index (χ0) is 29.6. The van der Waals surface area contributed by atoms with Crippen LogP contribution in [0.5, 0.6) is 11.6 Å². The van der Waals surface area contributed by atoms with Gasteiger partial charge in [-0.2, -0.15) is 13.2 Å². The predicted molar refractivity (Wildman–Crippen MR) is 149 cm³/mol. The summed E-state index contributed by atoms with van der Waals surface area (Å²) in [6.07, 6.45) is -4.65. The summed E-state index contributed by atoms with van der Waals surface area (Å²) < 4.78 is 42.2. The zero-order valence-electron chi connectivity index (χ0n) is 22.1. The Labute approximate surface area is 232 Å². The molecule has 4 aromatic carbocycles. The van der Waals surface area contributed by atoms with Gasteiger partial charge in [0.2, 0.25) is 5.88 Å². The van der Waals surface area contributed by atoms with Gasteiger partial charge in [0, 0.05) is 16.5 Å². The second-order valence-corrected chi connectivity index (χ2v) is 9.74. The number of phenolic OH excluding ortho intramolecular Hbond substituents is 1. The van der Waals surface area contributed by atoms with Crippen LogP contribution in [-0.2, 0) is 6.18 Å². The first kappa shape index (κ1) is 27.4. The van der Waals surface area contributed by atoms with E-state index in [0.29, 0.717) is 22.3 Å². The van der Waals surface area contributed by atoms with Gasteiger partial charge in [0.25, 0.3) is 0 Å². The molecule has 1 aromatic heterocycles. The number of aromatic nitrogens is 1. The van der Waals surface area contributed by atoms with Crippen LogP contribution in [0.1, 0.15) is 32.6 Å². The van der Waals surface area contributed by atoms with Crippen molar-refractivity contribution in [3.05, 3.63) is 94.5 Å². The number of aromatic hydroxyl groups is 2. The van der Waals surface area contributed by atoms with Crippen molar-refractivity contribution in [3.8, 4) is 33.9 Å². The molecule has 208 valence electrons. The van der Waals surface area contributed by atoms with E-state index < -0.39 is 23.6 Å². The molecule has 0 amide bonds. The lowest BCUT2D eigenvalue weighted by Gasteiger charge is -2.15. The highest BCUT2D eigenvalue weighted by molar-refractivity contribution is 6.04. The normalized spacial score (nSPS) is 12.0. The maximum Gasteiger partial charge on any atom is 0.417 e. The number of nitrogens with zero attached hydrogens (tertiary/aromatic N) is 2. The van der Waals surface area contributed by atoms with E-state index >= 15 is 0 Å². The summed E-state index contributed by atoms with van der Waals surface area (Å²) in [6, 6.07) is 16.5. The number of azo groups is 1. The number of aromatic amines is 1. The quantitative estimate of drug-likeness (QED) is 0.161. The predicted octanol–water partition coefficient (Wildman–Crippen LogP) is 8.97. The molecule has 0 unspecified atom stereocenters. The van der Waals surface area contributed by atoms with Gasteiger partial charge in [0.05, 0.1) is 16.6 Å². The topological polar surface area (TPSA) is 118 Å². The van der Waals surface area contributed by atoms with Crippen molar-refractivity contribution in [2.45, 2.75) is 26.9 Å². The summed E-state index contributed by atoms with van der Waals surface area (Å²) in [5.41, 5.74) is 2.61. The lowest BCUT2D eigenvalue weighted by Crippen LogP contribution is -2.07. The molecule has 1 heterocycles. The van der Waals surface area contributed by atoms with E-state index in [1.165, 1.54) is 18.2 Å². The average molecular weight is 560 g/mol. The number of alkyl halides is 3. The molecular weight excluding hydrogens is 535 g/mol. The van der Waals surface area contributed by atoms with Crippen molar-refractivity contribution in [2.24, 2.45) is 10.2 Å². The van der Waals surface area contributed by atoms with Crippen LogP contribution in [0, 0.1) is 20.8 Å². The van der Waals surface area contributed by atoms with Gasteiger partial charge < -0.3 is 20.3 Å². The Morgan fingerprint density at radius 2 is 1.54 bits per heavy atom. The van der Waals surface area contributed by atoms with Crippen LogP contribution < -0.4 is 0 Å². The largest absolute Gasteiger partial charge is 0.505 e. The molecule has 0 aliphatic heterocycles. The van der Waals surface area contributed by atoms with E-state index in [-0.39, 0.29) is 39.2 Å². The Balaban J connectivity index is 1.61. The molecule has 4 N–H and O–H groups in total. The molecule has 0 bridgehead atoms. The van der Waals surface area contributed by atoms with Crippen LogP contribution in [0.4, 0.5) is 24.5 Å². The number of carboxylic acids is 1. The summed E-state index contributed by atoms with van der Waals surface area (Å²) >= 11 is 0. The fourth-order valence-electron chi connectivity index (χ4n) is 4.79. The summed E-state index contributed by atoms with van der Waals surface area (Å²) in [6.45, 7) is 5.31. The molecule has 5 rings (SSSR count). The van der Waals surface area contributed by atoms with E-state index in [9.17, 15) is 33.3 Å². The van der Waals surface area contributed by atoms with Gasteiger partial charge in [-0.15, -0.1) is 10.2 Å². The number of benzene rings is 4. The highest BCUT2D eigenvalue weighted by atomic mass is 19.4. The standard InChI is InChI=1S/C31H24F3N3O4/c1-15-7-8-19(13-16(15)2)25-23(31(32,33)34)12-11-22-26(25)35-29(39)27(22)37-36-24-6-4-5-21(28(24)38)18-9-10-20(30(40)41)17(3)14-18/h4-14,35,38-39H,1-3H3,(H,40,41). The third-order valence-corrected chi connectivity index (χ3v) is 7.07. The van der Waals surface area contributed by atoms with Crippen LogP contribution in [0.25, 0.3) is 33.2 Å². The molecule has 0 saturated heterocycles. The second kappa shape index (κ2) is 10.1. The fraction of sp³-hybridized carbons (Fsp3) is 0.129.